The van der Waals surface area contributed by atoms with Crippen molar-refractivity contribution in [2.45, 2.75) is 45.1 Å². The van der Waals surface area contributed by atoms with Crippen LogP contribution in [0.1, 0.15) is 33.4 Å². The molecule has 0 amide bonds. The van der Waals surface area contributed by atoms with E-state index in [-0.39, 0.29) is 5.78 Å². The predicted molar refractivity (Wildman–Crippen MR) is 73.7 cm³/mol. The first-order valence-corrected chi connectivity index (χ1v) is 6.77. The summed E-state index contributed by atoms with van der Waals surface area (Å²) in [7, 11) is -0.682. The summed E-state index contributed by atoms with van der Waals surface area (Å²) in [6, 6.07) is 0. The molecule has 0 bridgehead atoms. The van der Waals surface area contributed by atoms with Gasteiger partial charge in [-0.3, -0.25) is 4.40 Å². The van der Waals surface area contributed by atoms with Crippen LogP contribution in [0.25, 0.3) is 5.78 Å². The molecule has 2 aromatic rings. The lowest BCUT2D eigenvalue weighted by molar-refractivity contribution is -0.140. The van der Waals surface area contributed by atoms with E-state index in [2.05, 4.69) is 9.97 Å². The lowest BCUT2D eigenvalue weighted by atomic mass is 9.81. The van der Waals surface area contributed by atoms with Gasteiger partial charge in [-0.05, 0) is 27.7 Å². The second-order valence-corrected chi connectivity index (χ2v) is 6.31. The summed E-state index contributed by atoms with van der Waals surface area (Å²) >= 11 is 0. The molecule has 118 valence electrons. The third-order valence-electron chi connectivity index (χ3n) is 4.15. The van der Waals surface area contributed by atoms with E-state index in [1.54, 1.807) is 0 Å². The second kappa shape index (κ2) is 4.45. The van der Waals surface area contributed by atoms with Gasteiger partial charge in [0.15, 0.2) is 5.69 Å². The average molecular weight is 313 g/mol. The molecule has 1 aliphatic heterocycles. The maximum Gasteiger partial charge on any atom is 0.497 e. The molecule has 0 radical (unpaired) electrons. The molecule has 22 heavy (non-hydrogen) atoms. The van der Waals surface area contributed by atoms with Crippen molar-refractivity contribution in [3.8, 4) is 0 Å². The minimum Gasteiger partial charge on any atom is -0.399 e. The summed E-state index contributed by atoms with van der Waals surface area (Å²) in [6.07, 6.45) is -0.688. The van der Waals surface area contributed by atoms with Crippen LogP contribution in [0.5, 0.6) is 0 Å². The molecular formula is C13H15BF3N3O2. The van der Waals surface area contributed by atoms with Crippen LogP contribution in [0.4, 0.5) is 13.2 Å². The fraction of sp³-hybridized carbons (Fsp3) is 0.538. The van der Waals surface area contributed by atoms with E-state index in [9.17, 15) is 13.2 Å². The van der Waals surface area contributed by atoms with E-state index >= 15 is 0 Å². The first kappa shape index (κ1) is 15.3. The van der Waals surface area contributed by atoms with Gasteiger partial charge in [0.25, 0.3) is 0 Å². The molecule has 5 nitrogen and oxygen atoms in total. The van der Waals surface area contributed by atoms with Gasteiger partial charge in [0, 0.05) is 24.1 Å². The van der Waals surface area contributed by atoms with Crippen molar-refractivity contribution < 1.29 is 22.5 Å². The Hall–Kier alpha value is -1.61. The van der Waals surface area contributed by atoms with Gasteiger partial charge in [0.05, 0.1) is 11.2 Å². The minimum atomic E-state index is -4.50. The van der Waals surface area contributed by atoms with Crippen molar-refractivity contribution in [1.82, 2.24) is 14.4 Å². The molecule has 0 aliphatic carbocycles. The lowest BCUT2D eigenvalue weighted by Crippen LogP contribution is -2.41. The van der Waals surface area contributed by atoms with Crippen molar-refractivity contribution in [3.05, 3.63) is 24.3 Å². The van der Waals surface area contributed by atoms with E-state index in [1.807, 2.05) is 27.7 Å². The quantitative estimate of drug-likeness (QED) is 0.756. The lowest BCUT2D eigenvalue weighted by Gasteiger charge is -2.32. The zero-order valence-corrected chi connectivity index (χ0v) is 12.6. The van der Waals surface area contributed by atoms with Gasteiger partial charge in [0.1, 0.15) is 0 Å². The molecule has 1 fully saturated rings. The number of nitrogens with zero attached hydrogens (tertiary/aromatic N) is 3. The fourth-order valence-corrected chi connectivity index (χ4v) is 2.14. The van der Waals surface area contributed by atoms with Crippen LogP contribution in [0, 0.1) is 0 Å². The Morgan fingerprint density at radius 2 is 1.68 bits per heavy atom. The van der Waals surface area contributed by atoms with Crippen LogP contribution in [-0.2, 0) is 15.5 Å². The Bertz CT molecular complexity index is 711. The number of aromatic nitrogens is 3. The number of rotatable bonds is 1. The Morgan fingerprint density at radius 1 is 1.09 bits per heavy atom. The minimum absolute atomic E-state index is 0.0207. The Labute approximate surface area is 125 Å². The van der Waals surface area contributed by atoms with E-state index < -0.39 is 30.2 Å². The normalized spacial score (nSPS) is 20.8. The molecule has 1 aliphatic rings. The number of hydrogen-bond donors (Lipinski definition) is 0. The van der Waals surface area contributed by atoms with Crippen LogP contribution in [0.15, 0.2) is 18.6 Å². The van der Waals surface area contributed by atoms with E-state index in [1.165, 1.54) is 16.8 Å². The zero-order valence-electron chi connectivity index (χ0n) is 12.6. The van der Waals surface area contributed by atoms with Gasteiger partial charge < -0.3 is 9.31 Å². The molecule has 3 heterocycles. The third kappa shape index (κ3) is 2.38. The summed E-state index contributed by atoms with van der Waals surface area (Å²) in [5, 5.41) is 0. The monoisotopic (exact) mass is 313 g/mol. The molecule has 3 rings (SSSR count). The van der Waals surface area contributed by atoms with Crippen LogP contribution < -0.4 is 5.46 Å². The highest BCUT2D eigenvalue weighted by Gasteiger charge is 2.52. The number of fused-ring (bicyclic) bond motifs is 1. The Balaban J connectivity index is 1.97. The van der Waals surface area contributed by atoms with Crippen molar-refractivity contribution in [2.75, 3.05) is 0 Å². The van der Waals surface area contributed by atoms with Crippen LogP contribution in [-0.4, -0.2) is 32.7 Å². The average Bonchev–Trinajstić information content (AvgIpc) is 2.87. The van der Waals surface area contributed by atoms with Crippen molar-refractivity contribution in [3.63, 3.8) is 0 Å². The summed E-state index contributed by atoms with van der Waals surface area (Å²) in [5.74, 6) is -0.0207. The molecule has 0 N–H and O–H groups in total. The fourth-order valence-electron chi connectivity index (χ4n) is 2.14. The molecular weight excluding hydrogens is 298 g/mol. The van der Waals surface area contributed by atoms with Gasteiger partial charge in [-0.2, -0.15) is 13.2 Å². The SMILES string of the molecule is CC1(C)OB(c2cnc3nc(C(F)(F)F)cn3c2)OC1(C)C. The van der Waals surface area contributed by atoms with E-state index in [4.69, 9.17) is 9.31 Å². The zero-order chi connectivity index (χ0) is 16.3. The second-order valence-electron chi connectivity index (χ2n) is 6.31. The molecule has 0 aromatic carbocycles. The van der Waals surface area contributed by atoms with E-state index in [0.717, 1.165) is 6.20 Å². The third-order valence-corrected chi connectivity index (χ3v) is 4.15. The molecule has 0 spiro atoms. The first-order valence-electron chi connectivity index (χ1n) is 6.77. The maximum atomic E-state index is 12.7. The van der Waals surface area contributed by atoms with Crippen LogP contribution >= 0.6 is 0 Å². The van der Waals surface area contributed by atoms with Gasteiger partial charge in [-0.15, -0.1) is 0 Å². The standard InChI is InChI=1S/C13H15BF3N3O2/c1-11(2)12(3,4)22-14(21-11)8-5-18-10-19-9(13(15,16)17)7-20(10)6-8/h5-7H,1-4H3. The number of hydrogen-bond acceptors (Lipinski definition) is 4. The summed E-state index contributed by atoms with van der Waals surface area (Å²) in [5.41, 5.74) is -1.50. The Kier molecular flexibility index (Phi) is 3.10. The highest BCUT2D eigenvalue weighted by atomic mass is 19.4. The smallest absolute Gasteiger partial charge is 0.399 e. The molecule has 0 atom stereocenters. The molecule has 0 saturated carbocycles. The summed E-state index contributed by atoms with van der Waals surface area (Å²) in [4.78, 5) is 7.40. The van der Waals surface area contributed by atoms with Crippen LogP contribution in [0.2, 0.25) is 0 Å². The summed E-state index contributed by atoms with van der Waals surface area (Å²) in [6.45, 7) is 7.60. The van der Waals surface area contributed by atoms with Gasteiger partial charge in [-0.1, -0.05) is 0 Å². The van der Waals surface area contributed by atoms with Crippen molar-refractivity contribution in [1.29, 1.82) is 0 Å². The summed E-state index contributed by atoms with van der Waals surface area (Å²) < 4.78 is 51.0. The maximum absolute atomic E-state index is 12.7. The number of halogens is 3. The largest absolute Gasteiger partial charge is 0.497 e. The molecule has 0 unspecified atom stereocenters. The number of alkyl halides is 3. The van der Waals surface area contributed by atoms with Crippen molar-refractivity contribution >= 4 is 18.4 Å². The Morgan fingerprint density at radius 3 is 2.23 bits per heavy atom. The molecule has 2 aromatic heterocycles. The first-order chi connectivity index (χ1) is 9.99. The van der Waals surface area contributed by atoms with Gasteiger partial charge in [-0.25, -0.2) is 9.97 Å². The van der Waals surface area contributed by atoms with Gasteiger partial charge >= 0.3 is 13.3 Å². The van der Waals surface area contributed by atoms with Crippen molar-refractivity contribution in [2.24, 2.45) is 0 Å². The molecule has 9 heteroatoms. The topological polar surface area (TPSA) is 48.7 Å². The van der Waals surface area contributed by atoms with Crippen LogP contribution in [0.3, 0.4) is 0 Å². The van der Waals surface area contributed by atoms with Gasteiger partial charge in [0.2, 0.25) is 5.78 Å². The van der Waals surface area contributed by atoms with E-state index in [0.29, 0.717) is 5.46 Å². The predicted octanol–water partition coefficient (Wildman–Crippen LogP) is 2.05. The highest BCUT2D eigenvalue weighted by molar-refractivity contribution is 6.61. The highest BCUT2D eigenvalue weighted by Crippen LogP contribution is 2.36. The molecule has 1 saturated heterocycles. The number of imidazole rings is 1.